The molecular weight excluding hydrogens is 212 g/mol. The summed E-state index contributed by atoms with van der Waals surface area (Å²) in [5.74, 6) is 0.707. The summed E-state index contributed by atoms with van der Waals surface area (Å²) in [7, 11) is 0. The molecule has 100 valence electrons. The maximum atomic E-state index is 12.3. The molecule has 3 nitrogen and oxygen atoms in total. The molecule has 0 heterocycles. The van der Waals surface area contributed by atoms with E-state index in [2.05, 4.69) is 39.9 Å². The summed E-state index contributed by atoms with van der Waals surface area (Å²) in [6, 6.07) is 0.502. The first-order valence-corrected chi connectivity index (χ1v) is 6.86. The molecular formula is C14H28N2O. The van der Waals surface area contributed by atoms with Gasteiger partial charge >= 0.3 is 0 Å². The monoisotopic (exact) mass is 240 g/mol. The van der Waals surface area contributed by atoms with Crippen molar-refractivity contribution < 1.29 is 4.79 Å². The summed E-state index contributed by atoms with van der Waals surface area (Å²) < 4.78 is 0. The maximum absolute atomic E-state index is 12.3. The van der Waals surface area contributed by atoms with Crippen LogP contribution < -0.4 is 11.1 Å². The molecule has 1 fully saturated rings. The number of rotatable bonds is 3. The van der Waals surface area contributed by atoms with Gasteiger partial charge in [-0.1, -0.05) is 27.7 Å². The van der Waals surface area contributed by atoms with E-state index in [1.165, 1.54) is 0 Å². The predicted octanol–water partition coefficient (Wildman–Crippen LogP) is 2.30. The number of amides is 1. The largest absolute Gasteiger partial charge is 0.353 e. The van der Waals surface area contributed by atoms with E-state index in [1.54, 1.807) is 0 Å². The van der Waals surface area contributed by atoms with E-state index >= 15 is 0 Å². The van der Waals surface area contributed by atoms with Crippen molar-refractivity contribution in [1.82, 2.24) is 5.32 Å². The second kappa shape index (κ2) is 5.38. The molecule has 0 bridgehead atoms. The molecule has 0 radical (unpaired) electrons. The summed E-state index contributed by atoms with van der Waals surface area (Å²) in [5, 5.41) is 3.11. The van der Waals surface area contributed by atoms with Crippen molar-refractivity contribution in [3.63, 3.8) is 0 Å². The van der Waals surface area contributed by atoms with Gasteiger partial charge in [0.2, 0.25) is 5.91 Å². The van der Waals surface area contributed by atoms with Crippen LogP contribution in [0.3, 0.4) is 0 Å². The fourth-order valence-corrected chi connectivity index (χ4v) is 2.76. The third-order valence-electron chi connectivity index (χ3n) is 4.82. The van der Waals surface area contributed by atoms with Crippen LogP contribution in [0, 0.1) is 17.3 Å². The Morgan fingerprint density at radius 1 is 1.47 bits per heavy atom. The van der Waals surface area contributed by atoms with Gasteiger partial charge in [0.15, 0.2) is 0 Å². The van der Waals surface area contributed by atoms with Gasteiger partial charge in [-0.2, -0.15) is 0 Å². The van der Waals surface area contributed by atoms with E-state index in [-0.39, 0.29) is 29.3 Å². The van der Waals surface area contributed by atoms with Crippen molar-refractivity contribution in [3.8, 4) is 0 Å². The van der Waals surface area contributed by atoms with E-state index in [4.69, 9.17) is 5.73 Å². The van der Waals surface area contributed by atoms with Crippen LogP contribution >= 0.6 is 0 Å². The van der Waals surface area contributed by atoms with Crippen LogP contribution in [0.2, 0.25) is 0 Å². The molecule has 0 spiro atoms. The topological polar surface area (TPSA) is 55.1 Å². The smallest absolute Gasteiger partial charge is 0.223 e. The summed E-state index contributed by atoms with van der Waals surface area (Å²) >= 11 is 0. The van der Waals surface area contributed by atoms with Crippen LogP contribution in [-0.4, -0.2) is 18.0 Å². The lowest BCUT2D eigenvalue weighted by molar-refractivity contribution is -0.133. The van der Waals surface area contributed by atoms with Gasteiger partial charge in [0.1, 0.15) is 0 Å². The fraction of sp³-hybridized carbons (Fsp3) is 0.929. The molecule has 3 heteroatoms. The van der Waals surface area contributed by atoms with E-state index in [0.717, 1.165) is 19.3 Å². The SMILES string of the molecule is CCC(C)NC(=O)C1CCC(N)C(C)C1(C)C. The van der Waals surface area contributed by atoms with Crippen molar-refractivity contribution in [2.24, 2.45) is 23.0 Å². The van der Waals surface area contributed by atoms with Crippen molar-refractivity contribution in [3.05, 3.63) is 0 Å². The average Bonchev–Trinajstić information content (AvgIpc) is 2.25. The van der Waals surface area contributed by atoms with E-state index < -0.39 is 0 Å². The van der Waals surface area contributed by atoms with Crippen LogP contribution in [-0.2, 0) is 4.79 Å². The fourth-order valence-electron chi connectivity index (χ4n) is 2.76. The molecule has 1 aliphatic carbocycles. The minimum Gasteiger partial charge on any atom is -0.353 e. The lowest BCUT2D eigenvalue weighted by Gasteiger charge is -2.46. The van der Waals surface area contributed by atoms with Gasteiger partial charge < -0.3 is 11.1 Å². The molecule has 0 aliphatic heterocycles. The lowest BCUT2D eigenvalue weighted by atomic mass is 9.61. The minimum absolute atomic E-state index is 0.00475. The number of nitrogens with two attached hydrogens (primary N) is 1. The van der Waals surface area contributed by atoms with E-state index in [9.17, 15) is 4.79 Å². The molecule has 1 rings (SSSR count). The van der Waals surface area contributed by atoms with Crippen LogP contribution in [0.25, 0.3) is 0 Å². The molecule has 0 aromatic carbocycles. The first kappa shape index (κ1) is 14.5. The highest BCUT2D eigenvalue weighted by molar-refractivity contribution is 5.79. The van der Waals surface area contributed by atoms with Gasteiger partial charge in [-0.05, 0) is 37.5 Å². The van der Waals surface area contributed by atoms with Gasteiger partial charge in [0.05, 0.1) is 0 Å². The van der Waals surface area contributed by atoms with Gasteiger partial charge in [-0.15, -0.1) is 0 Å². The normalized spacial score (nSPS) is 34.1. The molecule has 3 N–H and O–H groups in total. The quantitative estimate of drug-likeness (QED) is 0.795. The average molecular weight is 240 g/mol. The Balaban J connectivity index is 2.73. The standard InChI is InChI=1S/C14H28N2O/c1-6-9(2)16-13(17)11-7-8-12(15)10(3)14(11,4)5/h9-12H,6-8,15H2,1-5H3,(H,16,17). The molecule has 4 atom stereocenters. The number of carbonyl (C=O) groups excluding carboxylic acids is 1. The zero-order chi connectivity index (χ0) is 13.2. The summed E-state index contributed by atoms with van der Waals surface area (Å²) in [6.45, 7) is 10.7. The van der Waals surface area contributed by atoms with Gasteiger partial charge in [0.25, 0.3) is 0 Å². The van der Waals surface area contributed by atoms with Gasteiger partial charge in [-0.25, -0.2) is 0 Å². The molecule has 1 aliphatic rings. The Labute approximate surface area is 106 Å². The van der Waals surface area contributed by atoms with Crippen LogP contribution in [0.4, 0.5) is 0 Å². The van der Waals surface area contributed by atoms with Crippen molar-refractivity contribution >= 4 is 5.91 Å². The first-order valence-electron chi connectivity index (χ1n) is 6.86. The van der Waals surface area contributed by atoms with Crippen LogP contribution in [0.5, 0.6) is 0 Å². The van der Waals surface area contributed by atoms with Crippen LogP contribution in [0.15, 0.2) is 0 Å². The predicted molar refractivity (Wildman–Crippen MR) is 71.5 cm³/mol. The van der Waals surface area contributed by atoms with Crippen molar-refractivity contribution in [1.29, 1.82) is 0 Å². The third kappa shape index (κ3) is 3.01. The lowest BCUT2D eigenvalue weighted by Crippen LogP contribution is -2.52. The highest BCUT2D eigenvalue weighted by atomic mass is 16.2. The Morgan fingerprint density at radius 3 is 2.59 bits per heavy atom. The highest BCUT2D eigenvalue weighted by Crippen LogP contribution is 2.44. The molecule has 4 unspecified atom stereocenters. The maximum Gasteiger partial charge on any atom is 0.223 e. The molecule has 0 saturated heterocycles. The highest BCUT2D eigenvalue weighted by Gasteiger charge is 2.44. The molecule has 17 heavy (non-hydrogen) atoms. The zero-order valence-corrected chi connectivity index (χ0v) is 11.9. The molecule has 0 aromatic rings. The zero-order valence-electron chi connectivity index (χ0n) is 11.9. The first-order chi connectivity index (χ1) is 7.80. The Morgan fingerprint density at radius 2 is 2.06 bits per heavy atom. The molecule has 0 aromatic heterocycles. The summed E-state index contributed by atoms with van der Waals surface area (Å²) in [5.41, 5.74) is 6.11. The van der Waals surface area contributed by atoms with E-state index in [0.29, 0.717) is 5.92 Å². The molecule has 1 amide bonds. The number of hydrogen-bond donors (Lipinski definition) is 2. The third-order valence-corrected chi connectivity index (χ3v) is 4.82. The minimum atomic E-state index is -0.00475. The van der Waals surface area contributed by atoms with Crippen molar-refractivity contribution in [2.45, 2.75) is 66.0 Å². The van der Waals surface area contributed by atoms with Gasteiger partial charge in [0, 0.05) is 18.0 Å². The van der Waals surface area contributed by atoms with Crippen molar-refractivity contribution in [2.75, 3.05) is 0 Å². The van der Waals surface area contributed by atoms with E-state index in [1.807, 2.05) is 0 Å². The number of carbonyl (C=O) groups is 1. The van der Waals surface area contributed by atoms with Crippen LogP contribution in [0.1, 0.15) is 53.9 Å². The number of nitrogens with one attached hydrogen (secondary N) is 1. The number of hydrogen-bond acceptors (Lipinski definition) is 2. The summed E-state index contributed by atoms with van der Waals surface area (Å²) in [6.07, 6.45) is 2.86. The molecule has 1 saturated carbocycles. The Hall–Kier alpha value is -0.570. The second-order valence-corrected chi connectivity index (χ2v) is 6.22. The second-order valence-electron chi connectivity index (χ2n) is 6.22. The Bertz CT molecular complexity index is 275. The Kier molecular flexibility index (Phi) is 4.59. The van der Waals surface area contributed by atoms with Gasteiger partial charge in [-0.3, -0.25) is 4.79 Å². The summed E-state index contributed by atoms with van der Waals surface area (Å²) in [4.78, 5) is 12.3.